The van der Waals surface area contributed by atoms with Crippen molar-refractivity contribution in [1.82, 2.24) is 9.88 Å². The number of benzene rings is 1. The van der Waals surface area contributed by atoms with E-state index in [2.05, 4.69) is 10.6 Å². The Morgan fingerprint density at radius 1 is 1.28 bits per heavy atom. The number of carbonyl (C=O) groups is 1. The SMILES string of the molecule is Cc1ccn(C)c(=O)c1NC(=O)N[C@@H](c1ccccc1)[C@H]1CCCO1. The van der Waals surface area contributed by atoms with Crippen LogP contribution in [0.15, 0.2) is 47.4 Å². The second kappa shape index (κ2) is 7.53. The number of ether oxygens (including phenoxy) is 1. The third-order valence-electron chi connectivity index (χ3n) is 4.50. The molecule has 2 N–H and O–H groups in total. The van der Waals surface area contributed by atoms with Gasteiger partial charge < -0.3 is 19.9 Å². The molecule has 2 amide bonds. The minimum absolute atomic E-state index is 0.0622. The highest BCUT2D eigenvalue weighted by atomic mass is 16.5. The van der Waals surface area contributed by atoms with E-state index in [-0.39, 0.29) is 17.7 Å². The summed E-state index contributed by atoms with van der Waals surface area (Å²) in [7, 11) is 1.66. The Morgan fingerprint density at radius 3 is 2.72 bits per heavy atom. The Bertz CT molecular complexity index is 795. The van der Waals surface area contributed by atoms with Crippen molar-refractivity contribution in [1.29, 1.82) is 0 Å². The first-order valence-corrected chi connectivity index (χ1v) is 8.46. The smallest absolute Gasteiger partial charge is 0.319 e. The maximum absolute atomic E-state index is 12.5. The molecule has 6 nitrogen and oxygen atoms in total. The van der Waals surface area contributed by atoms with E-state index in [1.807, 2.05) is 30.3 Å². The molecule has 2 heterocycles. The standard InChI is InChI=1S/C19H23N3O3/c1-13-10-11-22(2)18(23)16(13)20-19(24)21-17(15-9-6-12-25-15)14-7-4-3-5-8-14/h3-5,7-8,10-11,15,17H,6,9,12H2,1-2H3,(H2,20,21,24)/t15-,17+/m1/s1. The van der Waals surface area contributed by atoms with E-state index < -0.39 is 6.03 Å². The molecule has 1 fully saturated rings. The van der Waals surface area contributed by atoms with Crippen molar-refractivity contribution in [3.05, 3.63) is 64.1 Å². The lowest BCUT2D eigenvalue weighted by atomic mass is 9.99. The Balaban J connectivity index is 1.79. The van der Waals surface area contributed by atoms with Crippen molar-refractivity contribution in [3.63, 3.8) is 0 Å². The number of pyridine rings is 1. The molecule has 6 heteroatoms. The highest BCUT2D eigenvalue weighted by Gasteiger charge is 2.29. The molecule has 2 aromatic rings. The third kappa shape index (κ3) is 3.91. The van der Waals surface area contributed by atoms with Gasteiger partial charge in [-0.25, -0.2) is 4.79 Å². The molecule has 0 bridgehead atoms. The van der Waals surface area contributed by atoms with Crippen LogP contribution in [0.4, 0.5) is 10.5 Å². The molecule has 1 aliphatic heterocycles. The molecular weight excluding hydrogens is 318 g/mol. The van der Waals surface area contributed by atoms with E-state index in [9.17, 15) is 9.59 Å². The molecule has 0 radical (unpaired) electrons. The molecule has 1 aromatic heterocycles. The Hall–Kier alpha value is -2.60. The number of urea groups is 1. The Kier molecular flexibility index (Phi) is 5.19. The minimum Gasteiger partial charge on any atom is -0.376 e. The summed E-state index contributed by atoms with van der Waals surface area (Å²) in [4.78, 5) is 24.8. The molecule has 1 saturated heterocycles. The van der Waals surface area contributed by atoms with Crippen molar-refractivity contribution in [3.8, 4) is 0 Å². The number of carbonyl (C=O) groups excluding carboxylic acids is 1. The van der Waals surface area contributed by atoms with E-state index in [0.29, 0.717) is 12.3 Å². The van der Waals surface area contributed by atoms with E-state index in [4.69, 9.17) is 4.74 Å². The average molecular weight is 341 g/mol. The number of aryl methyl sites for hydroxylation is 2. The summed E-state index contributed by atoms with van der Waals surface area (Å²) in [6.45, 7) is 2.50. The van der Waals surface area contributed by atoms with Crippen LogP contribution >= 0.6 is 0 Å². The van der Waals surface area contributed by atoms with Crippen LogP contribution < -0.4 is 16.2 Å². The first-order valence-electron chi connectivity index (χ1n) is 8.46. The molecule has 0 unspecified atom stereocenters. The van der Waals surface area contributed by atoms with Crippen LogP contribution in [0.2, 0.25) is 0 Å². The van der Waals surface area contributed by atoms with Crippen molar-refractivity contribution in [2.45, 2.75) is 31.9 Å². The number of anilines is 1. The Labute approximate surface area is 146 Å². The van der Waals surface area contributed by atoms with Crippen LogP contribution in [0.1, 0.15) is 30.0 Å². The van der Waals surface area contributed by atoms with E-state index in [1.54, 1.807) is 26.2 Å². The van der Waals surface area contributed by atoms with Gasteiger partial charge in [0.2, 0.25) is 0 Å². The molecule has 1 aliphatic rings. The van der Waals surface area contributed by atoms with Crippen LogP contribution in [0.5, 0.6) is 0 Å². The second-order valence-corrected chi connectivity index (χ2v) is 6.33. The highest BCUT2D eigenvalue weighted by Crippen LogP contribution is 2.27. The van der Waals surface area contributed by atoms with Gasteiger partial charge in [-0.15, -0.1) is 0 Å². The summed E-state index contributed by atoms with van der Waals surface area (Å²) < 4.78 is 7.22. The van der Waals surface area contributed by atoms with E-state index in [1.165, 1.54) is 4.57 Å². The summed E-state index contributed by atoms with van der Waals surface area (Å²) in [5.41, 5.74) is 1.78. The molecular formula is C19H23N3O3. The van der Waals surface area contributed by atoms with Gasteiger partial charge in [0.25, 0.3) is 5.56 Å². The van der Waals surface area contributed by atoms with Gasteiger partial charge in [-0.1, -0.05) is 30.3 Å². The zero-order valence-electron chi connectivity index (χ0n) is 14.5. The van der Waals surface area contributed by atoms with Gasteiger partial charge in [0.15, 0.2) is 0 Å². The maximum Gasteiger partial charge on any atom is 0.319 e. The zero-order chi connectivity index (χ0) is 17.8. The zero-order valence-corrected chi connectivity index (χ0v) is 14.5. The lowest BCUT2D eigenvalue weighted by Gasteiger charge is -2.25. The van der Waals surface area contributed by atoms with Crippen molar-refractivity contribution in [2.75, 3.05) is 11.9 Å². The summed E-state index contributed by atoms with van der Waals surface area (Å²) in [6.07, 6.45) is 3.49. The van der Waals surface area contributed by atoms with Crippen LogP contribution in [0.25, 0.3) is 0 Å². The van der Waals surface area contributed by atoms with E-state index >= 15 is 0 Å². The van der Waals surface area contributed by atoms with Crippen LogP contribution in [-0.4, -0.2) is 23.3 Å². The van der Waals surface area contributed by atoms with Crippen LogP contribution in [0.3, 0.4) is 0 Å². The molecule has 25 heavy (non-hydrogen) atoms. The maximum atomic E-state index is 12.5. The number of hydrogen-bond donors (Lipinski definition) is 2. The lowest BCUT2D eigenvalue weighted by molar-refractivity contribution is 0.0815. The number of aromatic nitrogens is 1. The first-order chi connectivity index (χ1) is 12.1. The molecule has 0 saturated carbocycles. The third-order valence-corrected chi connectivity index (χ3v) is 4.50. The number of rotatable bonds is 4. The molecule has 3 rings (SSSR count). The minimum atomic E-state index is -0.407. The number of nitrogens with zero attached hydrogens (tertiary/aromatic N) is 1. The first kappa shape index (κ1) is 17.2. The van der Waals surface area contributed by atoms with Crippen molar-refractivity contribution >= 4 is 11.7 Å². The van der Waals surface area contributed by atoms with Gasteiger partial charge >= 0.3 is 6.03 Å². The molecule has 1 aromatic carbocycles. The van der Waals surface area contributed by atoms with Gasteiger partial charge in [-0.05, 0) is 37.0 Å². The topological polar surface area (TPSA) is 72.4 Å². The normalized spacial score (nSPS) is 17.9. The average Bonchev–Trinajstić information content (AvgIpc) is 3.15. The predicted octanol–water partition coefficient (Wildman–Crippen LogP) is 2.74. The van der Waals surface area contributed by atoms with Crippen LogP contribution in [0, 0.1) is 6.92 Å². The molecule has 0 aliphatic carbocycles. The van der Waals surface area contributed by atoms with Gasteiger partial charge in [0.05, 0.1) is 12.1 Å². The fourth-order valence-corrected chi connectivity index (χ4v) is 3.08. The van der Waals surface area contributed by atoms with Crippen molar-refractivity contribution < 1.29 is 9.53 Å². The lowest BCUT2D eigenvalue weighted by Crippen LogP contribution is -2.40. The van der Waals surface area contributed by atoms with Crippen LogP contribution in [-0.2, 0) is 11.8 Å². The molecule has 132 valence electrons. The van der Waals surface area contributed by atoms with Crippen molar-refractivity contribution in [2.24, 2.45) is 7.05 Å². The monoisotopic (exact) mass is 341 g/mol. The summed E-state index contributed by atoms with van der Waals surface area (Å²) >= 11 is 0. The summed E-state index contributed by atoms with van der Waals surface area (Å²) in [5.74, 6) is 0. The van der Waals surface area contributed by atoms with Gasteiger partial charge in [0.1, 0.15) is 5.69 Å². The van der Waals surface area contributed by atoms with Gasteiger partial charge in [-0.3, -0.25) is 4.79 Å². The van der Waals surface area contributed by atoms with E-state index in [0.717, 1.165) is 24.0 Å². The second-order valence-electron chi connectivity index (χ2n) is 6.33. The quantitative estimate of drug-likeness (QED) is 0.898. The number of amides is 2. The van der Waals surface area contributed by atoms with Gasteiger partial charge in [-0.2, -0.15) is 0 Å². The summed E-state index contributed by atoms with van der Waals surface area (Å²) in [6, 6.07) is 10.9. The fourth-order valence-electron chi connectivity index (χ4n) is 3.08. The Morgan fingerprint density at radius 2 is 2.04 bits per heavy atom. The number of hydrogen-bond acceptors (Lipinski definition) is 3. The largest absolute Gasteiger partial charge is 0.376 e. The fraction of sp³-hybridized carbons (Fsp3) is 0.368. The number of nitrogens with one attached hydrogen (secondary N) is 2. The summed E-state index contributed by atoms with van der Waals surface area (Å²) in [5, 5.41) is 5.68. The van der Waals surface area contributed by atoms with Gasteiger partial charge in [0, 0.05) is 19.9 Å². The molecule has 2 atom stereocenters. The molecule has 0 spiro atoms. The predicted molar refractivity (Wildman–Crippen MR) is 96.7 cm³/mol. The highest BCUT2D eigenvalue weighted by molar-refractivity contribution is 5.90.